The first-order valence-electron chi connectivity index (χ1n) is 5.61. The number of aromatic nitrogens is 1. The largest absolute Gasteiger partial charge is 0.496 e. The lowest BCUT2D eigenvalue weighted by Crippen LogP contribution is -2.29. The van der Waals surface area contributed by atoms with E-state index in [4.69, 9.17) is 4.74 Å². The molecule has 0 aromatic carbocycles. The molecule has 2 N–H and O–H groups in total. The number of pyridine rings is 1. The summed E-state index contributed by atoms with van der Waals surface area (Å²) in [6, 6.07) is 1.88. The fraction of sp³-hybridized carbons (Fsp3) is 0.583. The molecule has 3 atom stereocenters. The standard InChI is InChI=1S/C12H18N2O2/c1-8-5-10(14-6-8)12(15)9-7-13-4-3-11(9)16-2/h3-4,7-8,10,12,14-15H,5-6H2,1-2H3. The Balaban J connectivity index is 2.16. The number of hydrogen-bond acceptors (Lipinski definition) is 4. The lowest BCUT2D eigenvalue weighted by atomic mass is 9.99. The smallest absolute Gasteiger partial charge is 0.127 e. The molecule has 1 fully saturated rings. The fourth-order valence-corrected chi connectivity index (χ4v) is 2.21. The summed E-state index contributed by atoms with van der Waals surface area (Å²) >= 11 is 0. The summed E-state index contributed by atoms with van der Waals surface area (Å²) in [6.07, 6.45) is 3.78. The average molecular weight is 222 g/mol. The molecule has 0 amide bonds. The van der Waals surface area contributed by atoms with Crippen LogP contribution in [0.15, 0.2) is 18.5 Å². The van der Waals surface area contributed by atoms with E-state index in [1.54, 1.807) is 25.6 Å². The molecule has 0 bridgehead atoms. The van der Waals surface area contributed by atoms with E-state index in [0.29, 0.717) is 11.7 Å². The van der Waals surface area contributed by atoms with E-state index in [2.05, 4.69) is 17.2 Å². The third kappa shape index (κ3) is 2.18. The lowest BCUT2D eigenvalue weighted by Gasteiger charge is -2.20. The van der Waals surface area contributed by atoms with Crippen molar-refractivity contribution in [3.05, 3.63) is 24.0 Å². The Labute approximate surface area is 95.7 Å². The van der Waals surface area contributed by atoms with Gasteiger partial charge in [0.15, 0.2) is 0 Å². The predicted octanol–water partition coefficient (Wildman–Crippen LogP) is 1.12. The van der Waals surface area contributed by atoms with Crippen molar-refractivity contribution in [3.63, 3.8) is 0 Å². The van der Waals surface area contributed by atoms with Crippen LogP contribution in [0.2, 0.25) is 0 Å². The minimum Gasteiger partial charge on any atom is -0.496 e. The Morgan fingerprint density at radius 2 is 2.44 bits per heavy atom. The third-order valence-electron chi connectivity index (χ3n) is 3.11. The number of aliphatic hydroxyl groups is 1. The summed E-state index contributed by atoms with van der Waals surface area (Å²) in [7, 11) is 1.61. The van der Waals surface area contributed by atoms with E-state index in [0.717, 1.165) is 18.5 Å². The zero-order valence-electron chi connectivity index (χ0n) is 9.68. The second-order valence-electron chi connectivity index (χ2n) is 4.42. The van der Waals surface area contributed by atoms with Crippen LogP contribution < -0.4 is 10.1 Å². The predicted molar refractivity (Wildman–Crippen MR) is 61.3 cm³/mol. The van der Waals surface area contributed by atoms with Crippen LogP contribution in [0.1, 0.15) is 25.0 Å². The minimum absolute atomic E-state index is 0.105. The van der Waals surface area contributed by atoms with Crippen molar-refractivity contribution in [1.82, 2.24) is 10.3 Å². The van der Waals surface area contributed by atoms with Crippen molar-refractivity contribution in [2.24, 2.45) is 5.92 Å². The van der Waals surface area contributed by atoms with Crippen molar-refractivity contribution in [3.8, 4) is 5.75 Å². The van der Waals surface area contributed by atoms with Gasteiger partial charge in [0, 0.05) is 24.0 Å². The lowest BCUT2D eigenvalue weighted by molar-refractivity contribution is 0.132. The van der Waals surface area contributed by atoms with Crippen LogP contribution >= 0.6 is 0 Å². The Bertz CT molecular complexity index is 357. The Morgan fingerprint density at radius 3 is 3.06 bits per heavy atom. The summed E-state index contributed by atoms with van der Waals surface area (Å²) in [5.41, 5.74) is 0.761. The fourth-order valence-electron chi connectivity index (χ4n) is 2.21. The van der Waals surface area contributed by atoms with Crippen molar-refractivity contribution in [2.75, 3.05) is 13.7 Å². The highest BCUT2D eigenvalue weighted by Crippen LogP contribution is 2.30. The quantitative estimate of drug-likeness (QED) is 0.804. The molecule has 1 aromatic rings. The highest BCUT2D eigenvalue weighted by Gasteiger charge is 2.29. The van der Waals surface area contributed by atoms with Crippen molar-refractivity contribution in [2.45, 2.75) is 25.5 Å². The van der Waals surface area contributed by atoms with Crippen molar-refractivity contribution >= 4 is 0 Å². The molecule has 0 radical (unpaired) electrons. The molecular formula is C12H18N2O2. The van der Waals surface area contributed by atoms with E-state index in [1.807, 2.05) is 0 Å². The summed E-state index contributed by atoms with van der Waals surface area (Å²) in [5.74, 6) is 1.31. The zero-order valence-corrected chi connectivity index (χ0v) is 9.68. The second kappa shape index (κ2) is 4.80. The molecule has 1 aliphatic heterocycles. The number of nitrogens with one attached hydrogen (secondary N) is 1. The molecule has 0 saturated carbocycles. The molecule has 4 heteroatoms. The molecule has 0 spiro atoms. The monoisotopic (exact) mass is 222 g/mol. The molecule has 4 nitrogen and oxygen atoms in total. The Hall–Kier alpha value is -1.13. The molecule has 1 saturated heterocycles. The summed E-state index contributed by atoms with van der Waals surface area (Å²) in [5, 5.41) is 13.6. The third-order valence-corrected chi connectivity index (χ3v) is 3.11. The van der Waals surface area contributed by atoms with Crippen molar-refractivity contribution < 1.29 is 9.84 Å². The first-order chi connectivity index (χ1) is 7.72. The van der Waals surface area contributed by atoms with E-state index in [1.165, 1.54) is 0 Å². The second-order valence-corrected chi connectivity index (χ2v) is 4.42. The highest BCUT2D eigenvalue weighted by molar-refractivity contribution is 5.33. The van der Waals surface area contributed by atoms with Crippen LogP contribution in [-0.4, -0.2) is 29.8 Å². The van der Waals surface area contributed by atoms with Gasteiger partial charge in [-0.1, -0.05) is 6.92 Å². The van der Waals surface area contributed by atoms with Crippen LogP contribution in [-0.2, 0) is 0 Å². The average Bonchev–Trinajstić information content (AvgIpc) is 2.75. The van der Waals surface area contributed by atoms with Gasteiger partial charge in [0.2, 0.25) is 0 Å². The first-order valence-corrected chi connectivity index (χ1v) is 5.61. The van der Waals surface area contributed by atoms with Gasteiger partial charge in [-0.15, -0.1) is 0 Å². The number of methoxy groups -OCH3 is 1. The van der Waals surface area contributed by atoms with E-state index >= 15 is 0 Å². The maximum Gasteiger partial charge on any atom is 0.127 e. The van der Waals surface area contributed by atoms with E-state index in [9.17, 15) is 5.11 Å². The topological polar surface area (TPSA) is 54.4 Å². The maximum atomic E-state index is 10.3. The van der Waals surface area contributed by atoms with Crippen LogP contribution in [0.3, 0.4) is 0 Å². The van der Waals surface area contributed by atoms with E-state index in [-0.39, 0.29) is 6.04 Å². The van der Waals surface area contributed by atoms with Gasteiger partial charge in [0.25, 0.3) is 0 Å². The van der Waals surface area contributed by atoms with Gasteiger partial charge in [0.05, 0.1) is 13.2 Å². The first kappa shape index (κ1) is 11.4. The van der Waals surface area contributed by atoms with Crippen molar-refractivity contribution in [1.29, 1.82) is 0 Å². The van der Waals surface area contributed by atoms with Gasteiger partial charge in [-0.05, 0) is 24.9 Å². The Kier molecular flexibility index (Phi) is 3.41. The summed E-state index contributed by atoms with van der Waals surface area (Å²) in [6.45, 7) is 3.14. The van der Waals surface area contributed by atoms with Gasteiger partial charge in [-0.25, -0.2) is 0 Å². The van der Waals surface area contributed by atoms with Gasteiger partial charge < -0.3 is 15.2 Å². The molecule has 16 heavy (non-hydrogen) atoms. The highest BCUT2D eigenvalue weighted by atomic mass is 16.5. The summed E-state index contributed by atoms with van der Waals surface area (Å²) in [4.78, 5) is 4.04. The SMILES string of the molecule is COc1ccncc1C(O)C1CC(C)CN1. The normalized spacial score (nSPS) is 26.7. The number of rotatable bonds is 3. The Morgan fingerprint density at radius 1 is 1.62 bits per heavy atom. The van der Waals surface area contributed by atoms with Gasteiger partial charge in [-0.3, -0.25) is 4.98 Å². The number of nitrogens with zero attached hydrogens (tertiary/aromatic N) is 1. The summed E-state index contributed by atoms with van der Waals surface area (Å²) < 4.78 is 5.23. The molecule has 1 aliphatic rings. The molecular weight excluding hydrogens is 204 g/mol. The minimum atomic E-state index is -0.548. The molecule has 0 aliphatic carbocycles. The zero-order chi connectivity index (χ0) is 11.5. The van der Waals surface area contributed by atoms with Gasteiger partial charge in [0.1, 0.15) is 5.75 Å². The number of hydrogen-bond donors (Lipinski definition) is 2. The van der Waals surface area contributed by atoms with Gasteiger partial charge in [-0.2, -0.15) is 0 Å². The maximum absolute atomic E-state index is 10.3. The molecule has 1 aromatic heterocycles. The molecule has 88 valence electrons. The molecule has 3 unspecified atom stereocenters. The number of aliphatic hydroxyl groups excluding tert-OH is 1. The number of ether oxygens (including phenoxy) is 1. The van der Waals surface area contributed by atoms with E-state index < -0.39 is 6.10 Å². The van der Waals surface area contributed by atoms with Crippen LogP contribution in [0.4, 0.5) is 0 Å². The molecule has 2 heterocycles. The van der Waals surface area contributed by atoms with Crippen LogP contribution in [0.25, 0.3) is 0 Å². The van der Waals surface area contributed by atoms with Gasteiger partial charge >= 0.3 is 0 Å². The van der Waals surface area contributed by atoms with Crippen LogP contribution in [0.5, 0.6) is 5.75 Å². The molecule has 2 rings (SSSR count). The van der Waals surface area contributed by atoms with Crippen LogP contribution in [0, 0.1) is 5.92 Å².